The van der Waals surface area contributed by atoms with Gasteiger partial charge in [-0.25, -0.2) is 14.4 Å². The second kappa shape index (κ2) is 9.38. The van der Waals surface area contributed by atoms with Crippen LogP contribution in [0, 0.1) is 12.7 Å². The fraction of sp³-hybridized carbons (Fsp3) is 0.458. The van der Waals surface area contributed by atoms with Crippen LogP contribution in [0.25, 0.3) is 5.52 Å². The van der Waals surface area contributed by atoms with Crippen molar-refractivity contribution in [1.82, 2.24) is 19.7 Å². The number of imidazole rings is 1. The van der Waals surface area contributed by atoms with Crippen molar-refractivity contribution in [1.29, 1.82) is 0 Å². The smallest absolute Gasteiger partial charge is 0.258 e. The zero-order valence-corrected chi connectivity index (χ0v) is 20.4. The molecule has 3 aromatic rings. The van der Waals surface area contributed by atoms with Crippen LogP contribution in [0.1, 0.15) is 73.4 Å². The van der Waals surface area contributed by atoms with Crippen LogP contribution in [-0.2, 0) is 0 Å². The Kier molecular flexibility index (Phi) is 6.69. The van der Waals surface area contributed by atoms with Gasteiger partial charge in [0.15, 0.2) is 5.82 Å². The van der Waals surface area contributed by atoms with Crippen molar-refractivity contribution in [3.05, 3.63) is 51.9 Å². The largest absolute Gasteiger partial charge is 0.490 e. The standard InChI is InChI=1S/C24H29ClFN5O3/c1-11(2)34-21-14(12(3)23-29-13(4)20-22(27)28-8-9-31(20)23)10-15(25)19(26)18(21)24(33)30-16-6-5-7-17(16)32/h8-12,16-17,32H,5-7H2,1-4H3,(H2,27,28)(H,30,33)/t12-,16+,17-/m0/s1. The van der Waals surface area contributed by atoms with E-state index in [1.807, 2.05) is 18.2 Å². The number of carbonyl (C=O) groups is 1. The first kappa shape index (κ1) is 24.2. The van der Waals surface area contributed by atoms with E-state index in [1.165, 1.54) is 6.07 Å². The average Bonchev–Trinajstić information content (AvgIpc) is 3.33. The van der Waals surface area contributed by atoms with Gasteiger partial charge in [0.1, 0.15) is 28.5 Å². The number of nitrogens with two attached hydrogens (primary N) is 1. The van der Waals surface area contributed by atoms with Gasteiger partial charge in [0.2, 0.25) is 0 Å². The van der Waals surface area contributed by atoms with Crippen LogP contribution in [0.4, 0.5) is 10.2 Å². The number of nitrogens with one attached hydrogen (secondary N) is 1. The number of benzene rings is 1. The van der Waals surface area contributed by atoms with E-state index in [9.17, 15) is 9.90 Å². The number of ether oxygens (including phenoxy) is 1. The Morgan fingerprint density at radius 2 is 2.12 bits per heavy atom. The van der Waals surface area contributed by atoms with Crippen LogP contribution in [-0.4, -0.2) is 43.6 Å². The molecule has 1 saturated carbocycles. The molecule has 1 aliphatic rings. The molecule has 4 rings (SSSR count). The minimum absolute atomic E-state index is 0.103. The quantitative estimate of drug-likeness (QED) is 0.482. The molecule has 2 aromatic heterocycles. The van der Waals surface area contributed by atoms with Crippen LogP contribution in [0.15, 0.2) is 18.5 Å². The lowest BCUT2D eigenvalue weighted by Crippen LogP contribution is -2.40. The van der Waals surface area contributed by atoms with Gasteiger partial charge >= 0.3 is 0 Å². The normalized spacial score (nSPS) is 19.1. The van der Waals surface area contributed by atoms with Gasteiger partial charge in [-0.2, -0.15) is 0 Å². The SMILES string of the molecule is Cc1nc([C@@H](C)c2cc(Cl)c(F)c(C(=O)N[C@@H]3CCC[C@@H]3O)c2OC(C)C)n2ccnc(N)c12. The van der Waals surface area contributed by atoms with E-state index >= 15 is 4.39 Å². The summed E-state index contributed by atoms with van der Waals surface area (Å²) < 4.78 is 23.1. The summed E-state index contributed by atoms with van der Waals surface area (Å²) in [5.74, 6) is -0.903. The third kappa shape index (κ3) is 4.30. The molecule has 1 aliphatic carbocycles. The summed E-state index contributed by atoms with van der Waals surface area (Å²) in [6.45, 7) is 7.30. The van der Waals surface area contributed by atoms with Gasteiger partial charge in [-0.3, -0.25) is 9.20 Å². The van der Waals surface area contributed by atoms with Crippen LogP contribution in [0.3, 0.4) is 0 Å². The maximum atomic E-state index is 15.3. The Hall–Kier alpha value is -2.91. The van der Waals surface area contributed by atoms with Crippen molar-refractivity contribution in [2.45, 2.75) is 71.1 Å². The Labute approximate surface area is 202 Å². The predicted octanol–water partition coefficient (Wildman–Crippen LogP) is 3.99. The number of fused-ring (bicyclic) bond motifs is 1. The van der Waals surface area contributed by atoms with Gasteiger partial charge in [-0.15, -0.1) is 0 Å². The molecule has 1 fully saturated rings. The Morgan fingerprint density at radius 1 is 1.38 bits per heavy atom. The number of nitrogen functional groups attached to an aromatic ring is 1. The van der Waals surface area contributed by atoms with Gasteiger partial charge in [-0.1, -0.05) is 18.5 Å². The number of aromatic nitrogens is 3. The molecule has 0 bridgehead atoms. The van der Waals surface area contributed by atoms with Crippen molar-refractivity contribution in [3.8, 4) is 5.75 Å². The zero-order valence-electron chi connectivity index (χ0n) is 19.6. The molecule has 34 heavy (non-hydrogen) atoms. The number of nitrogens with zero attached hydrogens (tertiary/aromatic N) is 3. The number of hydrogen-bond acceptors (Lipinski definition) is 6. The van der Waals surface area contributed by atoms with Gasteiger partial charge < -0.3 is 20.9 Å². The lowest BCUT2D eigenvalue weighted by molar-refractivity contribution is 0.0863. The van der Waals surface area contributed by atoms with Crippen LogP contribution in [0.2, 0.25) is 5.02 Å². The van der Waals surface area contributed by atoms with Gasteiger partial charge in [0.25, 0.3) is 5.91 Å². The number of halogens is 2. The van der Waals surface area contributed by atoms with E-state index in [0.29, 0.717) is 41.3 Å². The maximum absolute atomic E-state index is 15.3. The Bertz CT molecular complexity index is 1250. The van der Waals surface area contributed by atoms with Gasteiger partial charge in [-0.05, 0) is 46.1 Å². The Morgan fingerprint density at radius 3 is 2.76 bits per heavy atom. The molecular weight excluding hydrogens is 461 g/mol. The second-order valence-corrected chi connectivity index (χ2v) is 9.43. The highest BCUT2D eigenvalue weighted by Gasteiger charge is 2.33. The molecule has 10 heteroatoms. The summed E-state index contributed by atoms with van der Waals surface area (Å²) in [4.78, 5) is 22.1. The zero-order chi connectivity index (χ0) is 24.7. The molecule has 0 radical (unpaired) electrons. The summed E-state index contributed by atoms with van der Waals surface area (Å²) in [6, 6.07) is 1.02. The van der Waals surface area contributed by atoms with E-state index < -0.39 is 29.8 Å². The maximum Gasteiger partial charge on any atom is 0.258 e. The summed E-state index contributed by atoms with van der Waals surface area (Å²) >= 11 is 6.28. The first-order chi connectivity index (χ1) is 16.1. The third-order valence-electron chi connectivity index (χ3n) is 6.22. The number of anilines is 1. The molecule has 3 atom stereocenters. The topological polar surface area (TPSA) is 115 Å². The highest BCUT2D eigenvalue weighted by atomic mass is 35.5. The van der Waals surface area contributed by atoms with Crippen molar-refractivity contribution >= 4 is 28.8 Å². The molecule has 182 valence electrons. The highest BCUT2D eigenvalue weighted by Crippen LogP contribution is 2.40. The van der Waals surface area contributed by atoms with E-state index in [-0.39, 0.29) is 22.4 Å². The van der Waals surface area contributed by atoms with Crippen molar-refractivity contribution in [3.63, 3.8) is 0 Å². The molecule has 1 aromatic carbocycles. The second-order valence-electron chi connectivity index (χ2n) is 9.02. The molecule has 0 spiro atoms. The number of rotatable bonds is 6. The van der Waals surface area contributed by atoms with Crippen LogP contribution < -0.4 is 15.8 Å². The summed E-state index contributed by atoms with van der Waals surface area (Å²) in [6.07, 6.45) is 4.31. The summed E-state index contributed by atoms with van der Waals surface area (Å²) in [5.41, 5.74) is 7.67. The van der Waals surface area contributed by atoms with Gasteiger partial charge in [0, 0.05) is 23.9 Å². The fourth-order valence-electron chi connectivity index (χ4n) is 4.58. The molecule has 2 heterocycles. The minimum Gasteiger partial charge on any atom is -0.490 e. The van der Waals surface area contributed by atoms with E-state index in [4.69, 9.17) is 22.1 Å². The average molecular weight is 490 g/mol. The molecule has 8 nitrogen and oxygen atoms in total. The van der Waals surface area contributed by atoms with Crippen molar-refractivity contribution in [2.24, 2.45) is 0 Å². The number of aryl methyl sites for hydroxylation is 1. The number of aliphatic hydroxyl groups excluding tert-OH is 1. The first-order valence-corrected chi connectivity index (χ1v) is 11.7. The van der Waals surface area contributed by atoms with Crippen LogP contribution >= 0.6 is 11.6 Å². The molecule has 0 aliphatic heterocycles. The predicted molar refractivity (Wildman–Crippen MR) is 128 cm³/mol. The van der Waals surface area contributed by atoms with Gasteiger partial charge in [0.05, 0.1) is 29.0 Å². The lowest BCUT2D eigenvalue weighted by atomic mass is 9.95. The summed E-state index contributed by atoms with van der Waals surface area (Å²) in [7, 11) is 0. The molecule has 4 N–H and O–H groups in total. The summed E-state index contributed by atoms with van der Waals surface area (Å²) in [5, 5.41) is 12.7. The Balaban J connectivity index is 1.86. The van der Waals surface area contributed by atoms with Crippen molar-refractivity contribution in [2.75, 3.05) is 5.73 Å². The molecular formula is C24H29ClFN5O3. The fourth-order valence-corrected chi connectivity index (χ4v) is 4.79. The number of hydrogen-bond donors (Lipinski definition) is 3. The lowest BCUT2D eigenvalue weighted by Gasteiger charge is -2.24. The number of aliphatic hydroxyl groups is 1. The first-order valence-electron chi connectivity index (χ1n) is 11.4. The van der Waals surface area contributed by atoms with E-state index in [2.05, 4.69) is 15.3 Å². The van der Waals surface area contributed by atoms with E-state index in [0.717, 1.165) is 6.42 Å². The molecule has 0 saturated heterocycles. The minimum atomic E-state index is -0.865. The highest BCUT2D eigenvalue weighted by molar-refractivity contribution is 6.31. The third-order valence-corrected chi connectivity index (χ3v) is 6.49. The molecule has 0 unspecified atom stereocenters. The van der Waals surface area contributed by atoms with Crippen LogP contribution in [0.5, 0.6) is 5.75 Å². The number of amides is 1. The monoisotopic (exact) mass is 489 g/mol. The van der Waals surface area contributed by atoms with E-state index in [1.54, 1.807) is 26.2 Å². The van der Waals surface area contributed by atoms with Crippen molar-refractivity contribution < 1.29 is 19.0 Å². The molecule has 1 amide bonds. The number of carbonyl (C=O) groups excluding carboxylic acids is 1.